The van der Waals surface area contributed by atoms with Gasteiger partial charge in [0.15, 0.2) is 0 Å². The molecule has 2 heterocycles. The van der Waals surface area contributed by atoms with Crippen LogP contribution in [0.2, 0.25) is 0 Å². The monoisotopic (exact) mass is 251 g/mol. The lowest BCUT2D eigenvalue weighted by Crippen LogP contribution is -2.32. The highest BCUT2D eigenvalue weighted by Gasteiger charge is 2.19. The van der Waals surface area contributed by atoms with E-state index in [1.54, 1.807) is 0 Å². The lowest BCUT2D eigenvalue weighted by Gasteiger charge is -2.26. The van der Waals surface area contributed by atoms with Gasteiger partial charge in [-0.3, -0.25) is 4.90 Å². The molecule has 0 N–H and O–H groups in total. The van der Waals surface area contributed by atoms with Crippen LogP contribution in [-0.2, 0) is 22.5 Å². The normalized spacial score (nSPS) is 15.4. The van der Waals surface area contributed by atoms with Gasteiger partial charge in [-0.15, -0.1) is 11.3 Å². The Bertz CT molecular complexity index is 425. The molecule has 1 aliphatic heterocycles. The van der Waals surface area contributed by atoms with E-state index >= 15 is 0 Å². The maximum absolute atomic E-state index is 11.5. The molecule has 0 spiro atoms. The van der Waals surface area contributed by atoms with Crippen molar-refractivity contribution in [1.82, 2.24) is 4.90 Å². The summed E-state index contributed by atoms with van der Waals surface area (Å²) in [5.41, 5.74) is 1.93. The lowest BCUT2D eigenvalue weighted by atomic mass is 10.1. The first-order chi connectivity index (χ1) is 8.20. The van der Waals surface area contributed by atoms with Crippen LogP contribution >= 0.6 is 11.3 Å². The number of nitrogens with zero attached hydrogens (tertiary/aromatic N) is 1. The van der Waals surface area contributed by atoms with Crippen LogP contribution in [0.4, 0.5) is 0 Å². The van der Waals surface area contributed by atoms with Crippen molar-refractivity contribution in [2.75, 3.05) is 19.7 Å². The second-order valence-electron chi connectivity index (χ2n) is 4.15. The molecule has 1 aromatic rings. The number of hydrogen-bond acceptors (Lipinski definition) is 4. The fourth-order valence-corrected chi connectivity index (χ4v) is 2.90. The average Bonchev–Trinajstić information content (AvgIpc) is 2.76. The largest absolute Gasteiger partial charge is 0.463 e. The number of carbonyl (C=O) groups excluding carboxylic acids is 1. The molecule has 4 heteroatoms. The molecule has 92 valence electrons. The van der Waals surface area contributed by atoms with E-state index in [9.17, 15) is 4.79 Å². The Morgan fingerprint density at radius 1 is 1.65 bits per heavy atom. The first-order valence-electron chi connectivity index (χ1n) is 5.83. The zero-order valence-corrected chi connectivity index (χ0v) is 10.9. The minimum Gasteiger partial charge on any atom is -0.463 e. The molecule has 3 nitrogen and oxygen atoms in total. The van der Waals surface area contributed by atoms with E-state index in [4.69, 9.17) is 4.74 Å². The van der Waals surface area contributed by atoms with E-state index in [0.717, 1.165) is 19.5 Å². The Morgan fingerprint density at radius 2 is 2.47 bits per heavy atom. The molecule has 0 aromatic carbocycles. The molecule has 17 heavy (non-hydrogen) atoms. The number of rotatable bonds is 4. The minimum absolute atomic E-state index is 0.274. The Morgan fingerprint density at radius 3 is 3.24 bits per heavy atom. The summed E-state index contributed by atoms with van der Waals surface area (Å²) in [4.78, 5) is 15.2. The zero-order chi connectivity index (χ0) is 12.3. The molecular weight excluding hydrogens is 234 g/mol. The summed E-state index contributed by atoms with van der Waals surface area (Å²) in [7, 11) is 0. The van der Waals surface area contributed by atoms with Crippen LogP contribution in [0.3, 0.4) is 0 Å². The van der Waals surface area contributed by atoms with Crippen molar-refractivity contribution in [1.29, 1.82) is 0 Å². The molecule has 0 amide bonds. The van der Waals surface area contributed by atoms with Gasteiger partial charge in [0.2, 0.25) is 0 Å². The zero-order valence-electron chi connectivity index (χ0n) is 10.1. The second kappa shape index (κ2) is 5.47. The Balaban J connectivity index is 1.89. The summed E-state index contributed by atoms with van der Waals surface area (Å²) in [6, 6.07) is 2.17. The van der Waals surface area contributed by atoms with Crippen LogP contribution in [-0.4, -0.2) is 30.6 Å². The number of thiophene rings is 1. The van der Waals surface area contributed by atoms with E-state index in [2.05, 4.69) is 22.9 Å². The van der Waals surface area contributed by atoms with Crippen molar-refractivity contribution in [2.45, 2.75) is 19.9 Å². The number of ether oxygens (including phenoxy) is 1. The maximum Gasteiger partial charge on any atom is 0.334 e. The van der Waals surface area contributed by atoms with Gasteiger partial charge < -0.3 is 4.74 Å². The molecule has 0 atom stereocenters. The Kier molecular flexibility index (Phi) is 3.97. The highest BCUT2D eigenvalue weighted by Crippen LogP contribution is 2.24. The molecule has 0 saturated heterocycles. The number of fused-ring (bicyclic) bond motifs is 1. The highest BCUT2D eigenvalue weighted by molar-refractivity contribution is 7.10. The third kappa shape index (κ3) is 2.96. The summed E-state index contributed by atoms with van der Waals surface area (Å²) in [5, 5.41) is 2.13. The molecule has 0 aliphatic carbocycles. The van der Waals surface area contributed by atoms with Gasteiger partial charge in [-0.1, -0.05) is 6.58 Å². The van der Waals surface area contributed by atoms with Gasteiger partial charge in [-0.05, 0) is 30.4 Å². The van der Waals surface area contributed by atoms with E-state index in [1.807, 2.05) is 18.3 Å². The molecule has 0 unspecified atom stereocenters. The fourth-order valence-electron chi connectivity index (χ4n) is 2.01. The number of hydrogen-bond donors (Lipinski definition) is 0. The van der Waals surface area contributed by atoms with Crippen molar-refractivity contribution in [3.05, 3.63) is 34.0 Å². The van der Waals surface area contributed by atoms with Gasteiger partial charge in [0.05, 0.1) is 6.61 Å². The van der Waals surface area contributed by atoms with Gasteiger partial charge in [0.25, 0.3) is 0 Å². The predicted molar refractivity (Wildman–Crippen MR) is 69.1 cm³/mol. The summed E-state index contributed by atoms with van der Waals surface area (Å²) >= 11 is 1.82. The summed E-state index contributed by atoms with van der Waals surface area (Å²) in [5.74, 6) is -0.274. The summed E-state index contributed by atoms with van der Waals surface area (Å²) in [6.07, 6.45) is 1.07. The quantitative estimate of drug-likeness (QED) is 0.607. The van der Waals surface area contributed by atoms with Gasteiger partial charge in [-0.2, -0.15) is 0 Å². The smallest absolute Gasteiger partial charge is 0.334 e. The van der Waals surface area contributed by atoms with Gasteiger partial charge in [0.1, 0.15) is 0 Å². The molecule has 0 bridgehead atoms. The van der Waals surface area contributed by atoms with Crippen LogP contribution in [0.25, 0.3) is 0 Å². The van der Waals surface area contributed by atoms with E-state index < -0.39 is 0 Å². The first-order valence-corrected chi connectivity index (χ1v) is 6.71. The lowest BCUT2D eigenvalue weighted by molar-refractivity contribution is -0.138. The standard InChI is InChI=1S/C13H17NO2S/c1-3-16-13(15)10(2)8-14-6-4-12-11(9-14)5-7-17-12/h5,7H,2-4,6,8-9H2,1H3. The third-order valence-corrected chi connectivity index (χ3v) is 3.89. The van der Waals surface area contributed by atoms with Gasteiger partial charge >= 0.3 is 5.97 Å². The van der Waals surface area contributed by atoms with Crippen molar-refractivity contribution in [3.8, 4) is 0 Å². The van der Waals surface area contributed by atoms with Crippen LogP contribution in [0.15, 0.2) is 23.6 Å². The fraction of sp³-hybridized carbons (Fsp3) is 0.462. The predicted octanol–water partition coefficient (Wildman–Crippen LogP) is 2.23. The van der Waals surface area contributed by atoms with Crippen molar-refractivity contribution < 1.29 is 9.53 Å². The number of esters is 1. The van der Waals surface area contributed by atoms with Gasteiger partial charge in [-0.25, -0.2) is 4.79 Å². The highest BCUT2D eigenvalue weighted by atomic mass is 32.1. The van der Waals surface area contributed by atoms with Crippen LogP contribution in [0.5, 0.6) is 0 Å². The van der Waals surface area contributed by atoms with Gasteiger partial charge in [0, 0.05) is 30.1 Å². The number of carbonyl (C=O) groups is 1. The van der Waals surface area contributed by atoms with Crippen LogP contribution in [0, 0.1) is 0 Å². The van der Waals surface area contributed by atoms with Crippen LogP contribution in [0.1, 0.15) is 17.4 Å². The first kappa shape index (κ1) is 12.3. The molecule has 1 aliphatic rings. The Labute approximate surface area is 106 Å². The van der Waals surface area contributed by atoms with Crippen LogP contribution < -0.4 is 0 Å². The van der Waals surface area contributed by atoms with Crippen molar-refractivity contribution in [2.24, 2.45) is 0 Å². The maximum atomic E-state index is 11.5. The van der Waals surface area contributed by atoms with Crippen molar-refractivity contribution in [3.63, 3.8) is 0 Å². The second-order valence-corrected chi connectivity index (χ2v) is 5.15. The Hall–Kier alpha value is -1.13. The summed E-state index contributed by atoms with van der Waals surface area (Å²) in [6.45, 7) is 8.53. The topological polar surface area (TPSA) is 29.5 Å². The van der Waals surface area contributed by atoms with E-state index in [-0.39, 0.29) is 5.97 Å². The average molecular weight is 251 g/mol. The molecular formula is C13H17NO2S. The molecule has 2 rings (SSSR count). The third-order valence-electron chi connectivity index (χ3n) is 2.87. The SMILES string of the molecule is C=C(CN1CCc2sccc2C1)C(=O)OCC. The van der Waals surface area contributed by atoms with E-state index in [1.165, 1.54) is 10.4 Å². The minimum atomic E-state index is -0.274. The van der Waals surface area contributed by atoms with Crippen molar-refractivity contribution >= 4 is 17.3 Å². The molecule has 0 saturated carbocycles. The molecule has 0 fully saturated rings. The molecule has 1 aromatic heterocycles. The summed E-state index contributed by atoms with van der Waals surface area (Å²) < 4.78 is 4.94. The molecule has 0 radical (unpaired) electrons. The van der Waals surface area contributed by atoms with E-state index in [0.29, 0.717) is 18.7 Å².